The summed E-state index contributed by atoms with van der Waals surface area (Å²) in [7, 11) is 3.18. The van der Waals surface area contributed by atoms with Crippen LogP contribution in [0.2, 0.25) is 5.02 Å². The molecular formula is C42H36ClFN2O8. The first kappa shape index (κ1) is 35.5. The van der Waals surface area contributed by atoms with Crippen molar-refractivity contribution in [2.24, 2.45) is 29.1 Å². The molecule has 0 spiro atoms. The summed E-state index contributed by atoms with van der Waals surface area (Å²) in [6.07, 6.45) is 6.09. The zero-order valence-electron chi connectivity index (χ0n) is 29.6. The quantitative estimate of drug-likeness (QED) is 0.114. The Morgan fingerprint density at radius 2 is 1.65 bits per heavy atom. The van der Waals surface area contributed by atoms with Crippen molar-refractivity contribution >= 4 is 58.8 Å². The number of amides is 4. The molecule has 12 heteroatoms. The Bertz CT molecular complexity index is 2280. The van der Waals surface area contributed by atoms with Gasteiger partial charge in [-0.15, -0.1) is 0 Å². The molecule has 6 atom stereocenters. The lowest BCUT2D eigenvalue weighted by atomic mass is 9.52. The summed E-state index contributed by atoms with van der Waals surface area (Å²) in [5.41, 5.74) is 1.59. The van der Waals surface area contributed by atoms with E-state index in [0.717, 1.165) is 27.7 Å². The maximum absolute atomic E-state index is 14.5. The summed E-state index contributed by atoms with van der Waals surface area (Å²) in [5, 5.41) is 9.61. The number of ether oxygens (including phenoxy) is 2. The first-order valence-corrected chi connectivity index (χ1v) is 18.0. The highest BCUT2D eigenvalue weighted by Crippen LogP contribution is 2.64. The van der Waals surface area contributed by atoms with E-state index in [2.05, 4.69) is 0 Å². The van der Waals surface area contributed by atoms with E-state index in [-0.39, 0.29) is 47.7 Å². The third-order valence-corrected chi connectivity index (χ3v) is 11.9. The lowest BCUT2D eigenvalue weighted by molar-refractivity contribution is -0.131. The van der Waals surface area contributed by atoms with Gasteiger partial charge in [-0.2, -0.15) is 0 Å². The molecule has 1 saturated carbocycles. The predicted molar refractivity (Wildman–Crippen MR) is 198 cm³/mol. The highest BCUT2D eigenvalue weighted by Gasteiger charge is 2.68. The summed E-state index contributed by atoms with van der Waals surface area (Å²) in [6, 6.07) is 19.6. The number of anilines is 2. The van der Waals surface area contributed by atoms with Gasteiger partial charge in [0.05, 0.1) is 59.7 Å². The van der Waals surface area contributed by atoms with Crippen LogP contribution in [0.25, 0.3) is 12.2 Å². The first-order chi connectivity index (χ1) is 26.0. The molecule has 4 amide bonds. The number of hydrogen-bond acceptors (Lipinski definition) is 8. The van der Waals surface area contributed by atoms with E-state index in [9.17, 15) is 28.7 Å². The van der Waals surface area contributed by atoms with Gasteiger partial charge in [-0.1, -0.05) is 47.5 Å². The van der Waals surface area contributed by atoms with E-state index in [1.807, 2.05) is 48.6 Å². The SMILES string of the molecule is COc1ccc(OC)c(C=Cc2ccc(N3C(=O)C4CC=C5C(CC6C(=O)N(c7ccc(F)c(Cl)c7)C(=O)C6(C)C5c5ccc(CO)o5)C4C3=O)cc2)c1. The molecule has 2 aliphatic heterocycles. The summed E-state index contributed by atoms with van der Waals surface area (Å²) in [5.74, 6) is -4.11. The smallest absolute Gasteiger partial charge is 0.241 e. The highest BCUT2D eigenvalue weighted by molar-refractivity contribution is 6.32. The van der Waals surface area contributed by atoms with Gasteiger partial charge < -0.3 is 19.0 Å². The number of halogens is 2. The first-order valence-electron chi connectivity index (χ1n) is 17.6. The molecule has 276 valence electrons. The molecule has 6 unspecified atom stereocenters. The molecule has 3 fully saturated rings. The number of furan rings is 1. The summed E-state index contributed by atoms with van der Waals surface area (Å²) in [4.78, 5) is 59.6. The summed E-state index contributed by atoms with van der Waals surface area (Å²) in [6.45, 7) is 1.34. The van der Waals surface area contributed by atoms with E-state index in [1.165, 1.54) is 17.0 Å². The number of allylic oxidation sites excluding steroid dienone is 2. The minimum atomic E-state index is -1.36. The second-order valence-corrected chi connectivity index (χ2v) is 14.7. The zero-order chi connectivity index (χ0) is 38.1. The second kappa shape index (κ2) is 13.4. The lowest BCUT2D eigenvalue weighted by Gasteiger charge is -2.48. The van der Waals surface area contributed by atoms with Crippen LogP contribution in [0.5, 0.6) is 11.5 Å². The van der Waals surface area contributed by atoms with Crippen molar-refractivity contribution in [3.63, 3.8) is 0 Å². The average Bonchev–Trinajstić information content (AvgIpc) is 3.81. The van der Waals surface area contributed by atoms with Gasteiger partial charge in [-0.3, -0.25) is 24.1 Å². The number of carbonyl (C=O) groups is 4. The monoisotopic (exact) mass is 750 g/mol. The zero-order valence-corrected chi connectivity index (χ0v) is 30.4. The van der Waals surface area contributed by atoms with Gasteiger partial charge in [0, 0.05) is 5.56 Å². The van der Waals surface area contributed by atoms with Gasteiger partial charge in [0.25, 0.3) is 0 Å². The molecule has 10 nitrogen and oxygen atoms in total. The number of carbonyl (C=O) groups excluding carboxylic acids is 4. The number of methoxy groups -OCH3 is 2. The number of aliphatic hydroxyl groups excluding tert-OH is 1. The maximum atomic E-state index is 14.5. The van der Waals surface area contributed by atoms with Gasteiger partial charge >= 0.3 is 0 Å². The van der Waals surface area contributed by atoms with Crippen LogP contribution in [0, 0.1) is 34.9 Å². The van der Waals surface area contributed by atoms with Crippen LogP contribution in [-0.2, 0) is 25.8 Å². The van der Waals surface area contributed by atoms with Crippen molar-refractivity contribution in [1.29, 1.82) is 0 Å². The molecule has 1 N–H and O–H groups in total. The molecule has 0 radical (unpaired) electrons. The van der Waals surface area contributed by atoms with E-state index in [0.29, 0.717) is 22.9 Å². The number of rotatable bonds is 8. The van der Waals surface area contributed by atoms with E-state index >= 15 is 0 Å². The Hall–Kier alpha value is -5.52. The van der Waals surface area contributed by atoms with Crippen LogP contribution in [0.1, 0.15) is 48.3 Å². The molecule has 54 heavy (non-hydrogen) atoms. The minimum absolute atomic E-state index is 0.133. The fraction of sp³-hybridized carbons (Fsp3) is 0.286. The predicted octanol–water partition coefficient (Wildman–Crippen LogP) is 7.19. The molecule has 4 aliphatic rings. The number of benzene rings is 3. The molecule has 2 aliphatic carbocycles. The summed E-state index contributed by atoms with van der Waals surface area (Å²) >= 11 is 6.09. The normalized spacial score (nSPS) is 26.3. The third-order valence-electron chi connectivity index (χ3n) is 11.6. The number of hydrogen-bond donors (Lipinski definition) is 1. The largest absolute Gasteiger partial charge is 0.497 e. The molecule has 4 aromatic rings. The van der Waals surface area contributed by atoms with Crippen LogP contribution < -0.4 is 19.3 Å². The van der Waals surface area contributed by atoms with Crippen LogP contribution in [0.4, 0.5) is 15.8 Å². The van der Waals surface area contributed by atoms with E-state index in [4.69, 9.17) is 25.5 Å². The van der Waals surface area contributed by atoms with Gasteiger partial charge in [0.1, 0.15) is 35.4 Å². The topological polar surface area (TPSA) is 127 Å². The molecular weight excluding hydrogens is 715 g/mol. The van der Waals surface area contributed by atoms with Gasteiger partial charge in [-0.25, -0.2) is 9.29 Å². The number of aliphatic hydroxyl groups is 1. The Kier molecular flexibility index (Phi) is 8.81. The number of nitrogens with zero attached hydrogens (tertiary/aromatic N) is 2. The molecule has 2 saturated heterocycles. The van der Waals surface area contributed by atoms with Crippen LogP contribution in [0.3, 0.4) is 0 Å². The Labute approximate surface area is 315 Å². The van der Waals surface area contributed by atoms with Gasteiger partial charge in [0.2, 0.25) is 23.6 Å². The highest BCUT2D eigenvalue weighted by atomic mass is 35.5. The van der Waals surface area contributed by atoms with Crippen molar-refractivity contribution in [2.45, 2.75) is 32.3 Å². The third kappa shape index (κ3) is 5.40. The van der Waals surface area contributed by atoms with Crippen molar-refractivity contribution in [2.75, 3.05) is 24.0 Å². The number of imide groups is 2. The van der Waals surface area contributed by atoms with Crippen molar-refractivity contribution in [3.05, 3.63) is 118 Å². The molecule has 8 rings (SSSR count). The van der Waals surface area contributed by atoms with Crippen molar-refractivity contribution in [1.82, 2.24) is 0 Å². The summed E-state index contributed by atoms with van der Waals surface area (Å²) < 4.78 is 31.0. The lowest BCUT2D eigenvalue weighted by Crippen LogP contribution is -2.48. The van der Waals surface area contributed by atoms with Crippen molar-refractivity contribution in [3.8, 4) is 11.5 Å². The average molecular weight is 751 g/mol. The number of fused-ring (bicyclic) bond motifs is 4. The van der Waals surface area contributed by atoms with Gasteiger partial charge in [0.15, 0.2) is 0 Å². The molecule has 3 heterocycles. The van der Waals surface area contributed by atoms with Crippen molar-refractivity contribution < 1.29 is 42.6 Å². The fourth-order valence-electron chi connectivity index (χ4n) is 8.97. The molecule has 3 aromatic carbocycles. The fourth-order valence-corrected chi connectivity index (χ4v) is 9.14. The standard InChI is InChI=1S/C42H36ClFN2O8/c1-42-31(39(49)46(41(42)51)25-10-15-33(44)32(43)19-25)20-30-28(37(42)35-17-12-27(21-47)54-35)13-14-29-36(30)40(50)45(38(29)48)24-8-5-22(6-9-24)4-7-23-18-26(52-2)11-16-34(23)53-3/h4-13,15-19,29-31,36-37,47H,14,20-21H2,1-3H3. The second-order valence-electron chi connectivity index (χ2n) is 14.3. The van der Waals surface area contributed by atoms with Crippen LogP contribution in [0.15, 0.2) is 88.9 Å². The van der Waals surface area contributed by atoms with E-state index in [1.54, 1.807) is 45.4 Å². The maximum Gasteiger partial charge on any atom is 0.241 e. The van der Waals surface area contributed by atoms with Crippen LogP contribution >= 0.6 is 11.6 Å². The Morgan fingerprint density at radius 1 is 0.889 bits per heavy atom. The van der Waals surface area contributed by atoms with Gasteiger partial charge in [-0.05, 0) is 91.9 Å². The molecule has 1 aromatic heterocycles. The molecule has 0 bridgehead atoms. The Morgan fingerprint density at radius 3 is 2.33 bits per heavy atom. The van der Waals surface area contributed by atoms with E-state index < -0.39 is 52.6 Å². The Balaban J connectivity index is 1.12. The van der Waals surface area contributed by atoms with Crippen LogP contribution in [-0.4, -0.2) is 43.0 Å². The minimum Gasteiger partial charge on any atom is -0.497 e.